The molecule has 4 heteroatoms. The Morgan fingerprint density at radius 2 is 2.19 bits per heavy atom. The largest absolute Gasteiger partial charge is 0.494 e. The van der Waals surface area contributed by atoms with Gasteiger partial charge in [0.15, 0.2) is 0 Å². The molecule has 1 amide bonds. The number of nitrogens with two attached hydrogens (primary N) is 1. The fourth-order valence-corrected chi connectivity index (χ4v) is 2.77. The number of hydrogen-bond donors (Lipinski definition) is 1. The molecule has 0 bridgehead atoms. The molecule has 0 saturated carbocycles. The first kappa shape index (κ1) is 15.8. The number of carbonyl (C=O) groups is 1. The van der Waals surface area contributed by atoms with Gasteiger partial charge in [0.25, 0.3) is 0 Å². The fourth-order valence-electron chi connectivity index (χ4n) is 2.77. The molecule has 1 aromatic rings. The minimum Gasteiger partial charge on any atom is -0.494 e. The molecular weight excluding hydrogens is 264 g/mol. The van der Waals surface area contributed by atoms with Crippen molar-refractivity contribution >= 4 is 5.91 Å². The molecule has 0 radical (unpaired) electrons. The van der Waals surface area contributed by atoms with E-state index in [-0.39, 0.29) is 11.9 Å². The van der Waals surface area contributed by atoms with E-state index in [1.807, 2.05) is 17.0 Å². The number of likely N-dealkylation sites (tertiary alicyclic amines) is 1. The maximum atomic E-state index is 12.1. The molecule has 2 rings (SSSR count). The summed E-state index contributed by atoms with van der Waals surface area (Å²) in [4.78, 5) is 14.1. The minimum atomic E-state index is 0.214. The SMILES string of the molecule is Cc1ccc(OCCCC(=O)N2CCC[C@H]2CN)cc1C. The Kier molecular flexibility index (Phi) is 5.62. The van der Waals surface area contributed by atoms with Gasteiger partial charge in [-0.25, -0.2) is 0 Å². The Balaban J connectivity index is 1.71. The maximum absolute atomic E-state index is 12.1. The van der Waals surface area contributed by atoms with Gasteiger partial charge < -0.3 is 15.4 Å². The van der Waals surface area contributed by atoms with Crippen molar-refractivity contribution in [1.82, 2.24) is 4.90 Å². The Bertz CT molecular complexity index is 488. The van der Waals surface area contributed by atoms with Crippen LogP contribution in [0.3, 0.4) is 0 Å². The van der Waals surface area contributed by atoms with E-state index >= 15 is 0 Å². The first-order chi connectivity index (χ1) is 10.1. The third-order valence-electron chi connectivity index (χ3n) is 4.25. The highest BCUT2D eigenvalue weighted by molar-refractivity contribution is 5.76. The molecular formula is C17H26N2O2. The number of rotatable bonds is 6. The topological polar surface area (TPSA) is 55.6 Å². The van der Waals surface area contributed by atoms with Crippen LogP contribution in [0.2, 0.25) is 0 Å². The summed E-state index contributed by atoms with van der Waals surface area (Å²) < 4.78 is 5.71. The molecule has 1 heterocycles. The smallest absolute Gasteiger partial charge is 0.222 e. The predicted octanol–water partition coefficient (Wildman–Crippen LogP) is 2.41. The zero-order chi connectivity index (χ0) is 15.2. The van der Waals surface area contributed by atoms with Gasteiger partial charge in [-0.05, 0) is 56.4 Å². The molecule has 0 aliphatic carbocycles. The number of aryl methyl sites for hydroxylation is 2. The number of amides is 1. The summed E-state index contributed by atoms with van der Waals surface area (Å²) >= 11 is 0. The second-order valence-corrected chi connectivity index (χ2v) is 5.82. The maximum Gasteiger partial charge on any atom is 0.222 e. The first-order valence-electron chi connectivity index (χ1n) is 7.81. The molecule has 0 unspecified atom stereocenters. The van der Waals surface area contributed by atoms with E-state index in [1.165, 1.54) is 11.1 Å². The van der Waals surface area contributed by atoms with Crippen molar-refractivity contribution in [3.05, 3.63) is 29.3 Å². The highest BCUT2D eigenvalue weighted by Crippen LogP contribution is 2.19. The Labute approximate surface area is 127 Å². The summed E-state index contributed by atoms with van der Waals surface area (Å²) in [5.74, 6) is 1.10. The standard InChI is InChI=1S/C17H26N2O2/c1-13-7-8-16(11-14(13)2)21-10-4-6-17(20)19-9-3-5-15(19)12-18/h7-8,11,15H,3-6,9-10,12,18H2,1-2H3/t15-/m0/s1. The molecule has 1 aromatic carbocycles. The lowest BCUT2D eigenvalue weighted by Crippen LogP contribution is -2.39. The average Bonchev–Trinajstić information content (AvgIpc) is 2.95. The van der Waals surface area contributed by atoms with Gasteiger partial charge in [-0.3, -0.25) is 4.79 Å². The summed E-state index contributed by atoms with van der Waals surface area (Å²) in [7, 11) is 0. The van der Waals surface area contributed by atoms with Crippen molar-refractivity contribution in [2.45, 2.75) is 45.6 Å². The molecule has 1 aliphatic heterocycles. The zero-order valence-electron chi connectivity index (χ0n) is 13.1. The van der Waals surface area contributed by atoms with Crippen molar-refractivity contribution in [3.8, 4) is 5.75 Å². The monoisotopic (exact) mass is 290 g/mol. The van der Waals surface area contributed by atoms with Crippen LogP contribution in [-0.4, -0.2) is 36.5 Å². The number of carbonyl (C=O) groups excluding carboxylic acids is 1. The minimum absolute atomic E-state index is 0.214. The van der Waals surface area contributed by atoms with Gasteiger partial charge in [-0.2, -0.15) is 0 Å². The van der Waals surface area contributed by atoms with Gasteiger partial charge in [-0.1, -0.05) is 6.07 Å². The van der Waals surface area contributed by atoms with Crippen LogP contribution in [0, 0.1) is 13.8 Å². The van der Waals surface area contributed by atoms with Crippen molar-refractivity contribution in [2.75, 3.05) is 19.7 Å². The van der Waals surface area contributed by atoms with Crippen molar-refractivity contribution in [3.63, 3.8) is 0 Å². The molecule has 1 saturated heterocycles. The van der Waals surface area contributed by atoms with Gasteiger partial charge in [0, 0.05) is 25.6 Å². The predicted molar refractivity (Wildman–Crippen MR) is 84.4 cm³/mol. The molecule has 21 heavy (non-hydrogen) atoms. The Morgan fingerprint density at radius 1 is 1.38 bits per heavy atom. The molecule has 2 N–H and O–H groups in total. The molecule has 0 spiro atoms. The van der Waals surface area contributed by atoms with Crippen molar-refractivity contribution in [1.29, 1.82) is 0 Å². The van der Waals surface area contributed by atoms with E-state index in [0.717, 1.165) is 31.6 Å². The number of nitrogens with zero attached hydrogens (tertiary/aromatic N) is 1. The van der Waals surface area contributed by atoms with Crippen LogP contribution in [0.15, 0.2) is 18.2 Å². The van der Waals surface area contributed by atoms with E-state index in [1.54, 1.807) is 0 Å². The van der Waals surface area contributed by atoms with E-state index < -0.39 is 0 Å². The first-order valence-corrected chi connectivity index (χ1v) is 7.81. The summed E-state index contributed by atoms with van der Waals surface area (Å²) in [6.45, 7) is 6.17. The highest BCUT2D eigenvalue weighted by atomic mass is 16.5. The lowest BCUT2D eigenvalue weighted by Gasteiger charge is -2.23. The van der Waals surface area contributed by atoms with E-state index in [9.17, 15) is 4.79 Å². The Hall–Kier alpha value is -1.55. The van der Waals surface area contributed by atoms with Crippen LogP contribution in [0.1, 0.15) is 36.8 Å². The van der Waals surface area contributed by atoms with E-state index in [4.69, 9.17) is 10.5 Å². The van der Waals surface area contributed by atoms with Crippen LogP contribution < -0.4 is 10.5 Å². The van der Waals surface area contributed by atoms with Crippen LogP contribution in [0.5, 0.6) is 5.75 Å². The number of hydrogen-bond acceptors (Lipinski definition) is 3. The van der Waals surface area contributed by atoms with Gasteiger partial charge in [-0.15, -0.1) is 0 Å². The number of benzene rings is 1. The molecule has 1 atom stereocenters. The van der Waals surface area contributed by atoms with Gasteiger partial charge in [0.1, 0.15) is 5.75 Å². The second kappa shape index (κ2) is 7.46. The third-order valence-corrected chi connectivity index (χ3v) is 4.25. The second-order valence-electron chi connectivity index (χ2n) is 5.82. The van der Waals surface area contributed by atoms with Gasteiger partial charge >= 0.3 is 0 Å². The lowest BCUT2D eigenvalue weighted by molar-refractivity contribution is -0.132. The molecule has 4 nitrogen and oxygen atoms in total. The van der Waals surface area contributed by atoms with E-state index in [0.29, 0.717) is 19.6 Å². The summed E-state index contributed by atoms with van der Waals surface area (Å²) in [6.07, 6.45) is 3.41. The van der Waals surface area contributed by atoms with Crippen molar-refractivity contribution < 1.29 is 9.53 Å². The quantitative estimate of drug-likeness (QED) is 0.819. The van der Waals surface area contributed by atoms with Crippen LogP contribution >= 0.6 is 0 Å². The molecule has 1 fully saturated rings. The van der Waals surface area contributed by atoms with Gasteiger partial charge in [0.2, 0.25) is 5.91 Å². The molecule has 1 aliphatic rings. The molecule has 116 valence electrons. The summed E-state index contributed by atoms with van der Waals surface area (Å²) in [5, 5.41) is 0. The average molecular weight is 290 g/mol. The Morgan fingerprint density at radius 3 is 2.90 bits per heavy atom. The summed E-state index contributed by atoms with van der Waals surface area (Å²) in [5.41, 5.74) is 8.19. The van der Waals surface area contributed by atoms with Crippen molar-refractivity contribution in [2.24, 2.45) is 5.73 Å². The highest BCUT2D eigenvalue weighted by Gasteiger charge is 2.26. The van der Waals surface area contributed by atoms with Crippen LogP contribution in [-0.2, 0) is 4.79 Å². The van der Waals surface area contributed by atoms with Crippen LogP contribution in [0.25, 0.3) is 0 Å². The van der Waals surface area contributed by atoms with Gasteiger partial charge in [0.05, 0.1) is 6.61 Å². The molecule has 0 aromatic heterocycles. The zero-order valence-corrected chi connectivity index (χ0v) is 13.1. The summed E-state index contributed by atoms with van der Waals surface area (Å²) in [6, 6.07) is 6.33. The lowest BCUT2D eigenvalue weighted by atomic mass is 10.1. The van der Waals surface area contributed by atoms with Crippen LogP contribution in [0.4, 0.5) is 0 Å². The fraction of sp³-hybridized carbons (Fsp3) is 0.588. The third kappa shape index (κ3) is 4.21. The normalized spacial score (nSPS) is 18.0. The van der Waals surface area contributed by atoms with E-state index in [2.05, 4.69) is 19.9 Å². The number of ether oxygens (including phenoxy) is 1.